The van der Waals surface area contributed by atoms with Gasteiger partial charge in [0.1, 0.15) is 0 Å². The van der Waals surface area contributed by atoms with Gasteiger partial charge in [-0.15, -0.1) is 0 Å². The van der Waals surface area contributed by atoms with Crippen LogP contribution >= 0.6 is 0 Å². The predicted octanol–water partition coefficient (Wildman–Crippen LogP) is 0.0706. The number of morpholine rings is 1. The van der Waals surface area contributed by atoms with Crippen LogP contribution in [-0.2, 0) is 4.74 Å². The predicted molar refractivity (Wildman–Crippen MR) is 48.3 cm³/mol. The van der Waals surface area contributed by atoms with E-state index in [0.717, 1.165) is 32.8 Å². The van der Waals surface area contributed by atoms with E-state index in [0.29, 0.717) is 0 Å². The normalized spacial score (nSPS) is 38.8. The summed E-state index contributed by atoms with van der Waals surface area (Å²) in [5.74, 6) is 0. The Morgan fingerprint density at radius 1 is 1.50 bits per heavy atom. The van der Waals surface area contributed by atoms with E-state index in [4.69, 9.17) is 4.74 Å². The lowest BCUT2D eigenvalue weighted by Gasteiger charge is -2.44. The van der Waals surface area contributed by atoms with Gasteiger partial charge in [0.2, 0.25) is 0 Å². The first-order valence-electron chi connectivity index (χ1n) is 4.84. The smallest absolute Gasteiger partial charge is 0.0933 e. The highest BCUT2D eigenvalue weighted by Crippen LogP contribution is 2.24. The molecule has 2 aliphatic rings. The van der Waals surface area contributed by atoms with E-state index in [1.165, 1.54) is 12.8 Å². The molecule has 0 amide bonds. The van der Waals surface area contributed by atoms with Crippen LogP contribution in [0.3, 0.4) is 0 Å². The Balaban J connectivity index is 1.97. The van der Waals surface area contributed by atoms with Crippen molar-refractivity contribution in [2.75, 3.05) is 39.8 Å². The molecule has 12 heavy (non-hydrogen) atoms. The number of rotatable bonds is 0. The zero-order valence-electron chi connectivity index (χ0n) is 7.81. The summed E-state index contributed by atoms with van der Waals surface area (Å²) in [4.78, 5) is 2.37. The van der Waals surface area contributed by atoms with Gasteiger partial charge in [-0.25, -0.2) is 0 Å². The van der Waals surface area contributed by atoms with Crippen LogP contribution in [0.15, 0.2) is 0 Å². The fraction of sp³-hybridized carbons (Fsp3) is 1.00. The molecule has 0 bridgehead atoms. The first-order chi connectivity index (χ1) is 5.81. The molecule has 1 spiro atoms. The molecule has 3 nitrogen and oxygen atoms in total. The van der Waals surface area contributed by atoms with Gasteiger partial charge in [0.15, 0.2) is 0 Å². The van der Waals surface area contributed by atoms with Crippen molar-refractivity contribution >= 4 is 0 Å². The lowest BCUT2D eigenvalue weighted by atomic mass is 9.92. The van der Waals surface area contributed by atoms with E-state index in [1.807, 2.05) is 0 Å². The molecule has 1 unspecified atom stereocenters. The third kappa shape index (κ3) is 1.63. The van der Waals surface area contributed by atoms with Crippen molar-refractivity contribution in [3.63, 3.8) is 0 Å². The average Bonchev–Trinajstić information content (AvgIpc) is 2.05. The van der Waals surface area contributed by atoms with Crippen molar-refractivity contribution < 1.29 is 4.74 Å². The molecule has 0 radical (unpaired) electrons. The SMILES string of the molecule is CN1CCOC2(CCCNC2)C1. The van der Waals surface area contributed by atoms with Gasteiger partial charge in [0.05, 0.1) is 12.2 Å². The summed E-state index contributed by atoms with van der Waals surface area (Å²) >= 11 is 0. The Morgan fingerprint density at radius 2 is 2.42 bits per heavy atom. The molecule has 0 aromatic rings. The van der Waals surface area contributed by atoms with Gasteiger partial charge in [0, 0.05) is 19.6 Å². The second-order valence-corrected chi connectivity index (χ2v) is 4.05. The average molecular weight is 170 g/mol. The molecule has 2 saturated heterocycles. The number of ether oxygens (including phenoxy) is 1. The fourth-order valence-electron chi connectivity index (χ4n) is 2.23. The molecule has 70 valence electrons. The van der Waals surface area contributed by atoms with Gasteiger partial charge in [-0.05, 0) is 26.4 Å². The Kier molecular flexibility index (Phi) is 2.35. The summed E-state index contributed by atoms with van der Waals surface area (Å²) in [5.41, 5.74) is 0.144. The maximum atomic E-state index is 5.87. The largest absolute Gasteiger partial charge is 0.371 e. The van der Waals surface area contributed by atoms with Crippen LogP contribution in [0.1, 0.15) is 12.8 Å². The highest BCUT2D eigenvalue weighted by Gasteiger charge is 2.36. The molecule has 0 saturated carbocycles. The quantitative estimate of drug-likeness (QED) is 0.557. The van der Waals surface area contributed by atoms with Crippen molar-refractivity contribution in [1.29, 1.82) is 0 Å². The minimum Gasteiger partial charge on any atom is -0.371 e. The van der Waals surface area contributed by atoms with E-state index in [1.54, 1.807) is 0 Å². The molecular weight excluding hydrogens is 152 g/mol. The monoisotopic (exact) mass is 170 g/mol. The number of nitrogens with one attached hydrogen (secondary N) is 1. The van der Waals surface area contributed by atoms with Gasteiger partial charge in [0.25, 0.3) is 0 Å². The van der Waals surface area contributed by atoms with Crippen molar-refractivity contribution in [3.05, 3.63) is 0 Å². The Bertz CT molecular complexity index is 149. The third-order valence-corrected chi connectivity index (χ3v) is 2.87. The van der Waals surface area contributed by atoms with Gasteiger partial charge in [-0.3, -0.25) is 0 Å². The maximum absolute atomic E-state index is 5.87. The Labute approximate surface area is 74.1 Å². The number of piperidine rings is 1. The molecule has 2 rings (SSSR count). The number of likely N-dealkylation sites (N-methyl/N-ethyl adjacent to an activating group) is 1. The maximum Gasteiger partial charge on any atom is 0.0933 e. The molecule has 2 aliphatic heterocycles. The molecule has 1 atom stereocenters. The lowest BCUT2D eigenvalue weighted by molar-refractivity contribution is -0.113. The summed E-state index contributed by atoms with van der Waals surface area (Å²) in [6.45, 7) is 5.28. The van der Waals surface area contributed by atoms with Crippen LogP contribution in [-0.4, -0.2) is 50.3 Å². The minimum absolute atomic E-state index is 0.144. The standard InChI is InChI=1S/C9H18N2O/c1-11-5-6-12-9(8-11)3-2-4-10-7-9/h10H,2-8H2,1H3. The molecule has 0 aromatic heterocycles. The van der Waals surface area contributed by atoms with Crippen LogP contribution in [0.5, 0.6) is 0 Å². The van der Waals surface area contributed by atoms with Crippen LogP contribution in [0.4, 0.5) is 0 Å². The summed E-state index contributed by atoms with van der Waals surface area (Å²) in [5, 5.41) is 3.41. The molecule has 2 fully saturated rings. The number of hydrogen-bond acceptors (Lipinski definition) is 3. The second-order valence-electron chi connectivity index (χ2n) is 4.05. The Hall–Kier alpha value is -0.120. The minimum atomic E-state index is 0.144. The zero-order valence-corrected chi connectivity index (χ0v) is 7.81. The van der Waals surface area contributed by atoms with E-state index in [-0.39, 0.29) is 5.60 Å². The van der Waals surface area contributed by atoms with Crippen molar-refractivity contribution in [2.45, 2.75) is 18.4 Å². The molecule has 1 N–H and O–H groups in total. The first kappa shape index (κ1) is 8.48. The zero-order chi connectivity index (χ0) is 8.44. The molecular formula is C9H18N2O. The number of nitrogens with zero attached hydrogens (tertiary/aromatic N) is 1. The summed E-state index contributed by atoms with van der Waals surface area (Å²) in [6, 6.07) is 0. The molecule has 3 heteroatoms. The van der Waals surface area contributed by atoms with Crippen molar-refractivity contribution in [3.8, 4) is 0 Å². The molecule has 2 heterocycles. The first-order valence-corrected chi connectivity index (χ1v) is 4.84. The van der Waals surface area contributed by atoms with E-state index < -0.39 is 0 Å². The lowest BCUT2D eigenvalue weighted by Crippen LogP contribution is -2.57. The highest BCUT2D eigenvalue weighted by molar-refractivity contribution is 4.91. The second kappa shape index (κ2) is 3.32. The fourth-order valence-corrected chi connectivity index (χ4v) is 2.23. The summed E-state index contributed by atoms with van der Waals surface area (Å²) in [7, 11) is 2.18. The van der Waals surface area contributed by atoms with Gasteiger partial charge in [-0.1, -0.05) is 0 Å². The van der Waals surface area contributed by atoms with E-state index in [9.17, 15) is 0 Å². The van der Waals surface area contributed by atoms with Gasteiger partial charge in [-0.2, -0.15) is 0 Å². The molecule has 0 aliphatic carbocycles. The van der Waals surface area contributed by atoms with E-state index in [2.05, 4.69) is 17.3 Å². The number of hydrogen-bond donors (Lipinski definition) is 1. The topological polar surface area (TPSA) is 24.5 Å². The Morgan fingerprint density at radius 3 is 3.08 bits per heavy atom. The van der Waals surface area contributed by atoms with Gasteiger partial charge >= 0.3 is 0 Å². The van der Waals surface area contributed by atoms with E-state index >= 15 is 0 Å². The summed E-state index contributed by atoms with van der Waals surface area (Å²) in [6.07, 6.45) is 2.48. The van der Waals surface area contributed by atoms with Crippen LogP contribution < -0.4 is 5.32 Å². The van der Waals surface area contributed by atoms with Crippen molar-refractivity contribution in [1.82, 2.24) is 10.2 Å². The highest BCUT2D eigenvalue weighted by atomic mass is 16.5. The van der Waals surface area contributed by atoms with Crippen LogP contribution in [0, 0.1) is 0 Å². The third-order valence-electron chi connectivity index (χ3n) is 2.87. The summed E-state index contributed by atoms with van der Waals surface area (Å²) < 4.78 is 5.87. The van der Waals surface area contributed by atoms with Crippen molar-refractivity contribution in [2.24, 2.45) is 0 Å². The van der Waals surface area contributed by atoms with Crippen LogP contribution in [0.2, 0.25) is 0 Å². The molecule has 0 aromatic carbocycles. The van der Waals surface area contributed by atoms with Gasteiger partial charge < -0.3 is 15.0 Å². The van der Waals surface area contributed by atoms with Crippen LogP contribution in [0.25, 0.3) is 0 Å².